The molecule has 0 spiro atoms. The lowest BCUT2D eigenvalue weighted by atomic mass is 10.1. The average Bonchev–Trinajstić information content (AvgIpc) is 3.08. The van der Waals surface area contributed by atoms with Crippen LogP contribution >= 0.6 is 35.3 Å². The average molecular weight is 359 g/mol. The van der Waals surface area contributed by atoms with Crippen molar-refractivity contribution in [2.75, 3.05) is 5.32 Å². The number of carbonyl (C=O) groups excluding carboxylic acids is 1. The summed E-state index contributed by atoms with van der Waals surface area (Å²) in [7, 11) is 0. The molecule has 0 radical (unpaired) electrons. The molecular weight excluding hydrogens is 343 g/mol. The third-order valence-corrected chi connectivity index (χ3v) is 4.80. The molecular formula is C14H16Cl2N4OS. The number of rotatable bonds is 3. The van der Waals surface area contributed by atoms with E-state index in [0.29, 0.717) is 15.2 Å². The summed E-state index contributed by atoms with van der Waals surface area (Å²) in [6.07, 6.45) is 2.48. The zero-order valence-electron chi connectivity index (χ0n) is 11.7. The second kappa shape index (κ2) is 7.37. The molecule has 8 heteroatoms. The Morgan fingerprint density at radius 2 is 2.09 bits per heavy atom. The van der Waals surface area contributed by atoms with Crippen LogP contribution in [0.15, 0.2) is 24.3 Å². The van der Waals surface area contributed by atoms with Gasteiger partial charge in [0.15, 0.2) is 5.01 Å². The molecule has 2 atom stereocenters. The van der Waals surface area contributed by atoms with Gasteiger partial charge in [0, 0.05) is 17.5 Å². The molecule has 5 nitrogen and oxygen atoms in total. The molecule has 3 N–H and O–H groups in total. The third kappa shape index (κ3) is 3.76. The Kier molecular flexibility index (Phi) is 5.74. The number of amides is 1. The Bertz CT molecular complexity index is 664. The number of carbonyl (C=O) groups is 1. The van der Waals surface area contributed by atoms with Crippen LogP contribution in [-0.4, -0.2) is 22.1 Å². The van der Waals surface area contributed by atoms with Crippen molar-refractivity contribution in [1.29, 1.82) is 0 Å². The van der Waals surface area contributed by atoms with Gasteiger partial charge in [-0.15, -0.1) is 22.6 Å². The molecule has 22 heavy (non-hydrogen) atoms. The SMILES string of the molecule is Cl.NC1CCC(C(=O)Nc2nnc(-c3ccccc3Cl)s2)C1. The minimum absolute atomic E-state index is 0. The topological polar surface area (TPSA) is 80.9 Å². The van der Waals surface area contributed by atoms with Crippen molar-refractivity contribution in [3.8, 4) is 10.6 Å². The second-order valence-corrected chi connectivity index (χ2v) is 6.54. The van der Waals surface area contributed by atoms with Crippen molar-refractivity contribution in [2.45, 2.75) is 25.3 Å². The van der Waals surface area contributed by atoms with Crippen molar-refractivity contribution in [3.63, 3.8) is 0 Å². The van der Waals surface area contributed by atoms with Crippen molar-refractivity contribution < 1.29 is 4.79 Å². The van der Waals surface area contributed by atoms with Gasteiger partial charge in [-0.3, -0.25) is 4.79 Å². The van der Waals surface area contributed by atoms with Crippen LogP contribution in [0.5, 0.6) is 0 Å². The fourth-order valence-corrected chi connectivity index (χ4v) is 3.55. The number of benzene rings is 1. The molecule has 1 aromatic heterocycles. The predicted octanol–water partition coefficient (Wildman–Crippen LogP) is 3.35. The van der Waals surface area contributed by atoms with E-state index >= 15 is 0 Å². The van der Waals surface area contributed by atoms with Crippen LogP contribution in [0.3, 0.4) is 0 Å². The number of nitrogens with zero attached hydrogens (tertiary/aromatic N) is 2. The van der Waals surface area contributed by atoms with E-state index in [0.717, 1.165) is 24.8 Å². The molecule has 1 fully saturated rings. The van der Waals surface area contributed by atoms with E-state index in [1.54, 1.807) is 6.07 Å². The minimum Gasteiger partial charge on any atom is -0.328 e. The first-order valence-electron chi connectivity index (χ1n) is 6.78. The molecule has 1 amide bonds. The summed E-state index contributed by atoms with van der Waals surface area (Å²) < 4.78 is 0. The van der Waals surface area contributed by atoms with Crippen LogP contribution in [0.2, 0.25) is 5.02 Å². The van der Waals surface area contributed by atoms with Gasteiger partial charge in [0.2, 0.25) is 11.0 Å². The van der Waals surface area contributed by atoms with Crippen LogP contribution in [0.4, 0.5) is 5.13 Å². The van der Waals surface area contributed by atoms with Gasteiger partial charge in [0.25, 0.3) is 0 Å². The summed E-state index contributed by atoms with van der Waals surface area (Å²) in [5, 5.41) is 12.7. The zero-order valence-corrected chi connectivity index (χ0v) is 14.0. The monoisotopic (exact) mass is 358 g/mol. The van der Waals surface area contributed by atoms with Crippen LogP contribution in [0.25, 0.3) is 10.6 Å². The summed E-state index contributed by atoms with van der Waals surface area (Å²) in [6, 6.07) is 7.56. The molecule has 1 saturated carbocycles. The Hall–Kier alpha value is -1.21. The van der Waals surface area contributed by atoms with Gasteiger partial charge in [-0.1, -0.05) is 41.1 Å². The van der Waals surface area contributed by atoms with E-state index in [4.69, 9.17) is 17.3 Å². The molecule has 3 rings (SSSR count). The van der Waals surface area contributed by atoms with E-state index in [-0.39, 0.29) is 30.3 Å². The number of hydrogen-bond donors (Lipinski definition) is 2. The number of hydrogen-bond acceptors (Lipinski definition) is 5. The molecule has 2 aromatic rings. The molecule has 1 aliphatic rings. The second-order valence-electron chi connectivity index (χ2n) is 5.15. The van der Waals surface area contributed by atoms with Crippen LogP contribution in [0.1, 0.15) is 19.3 Å². The van der Waals surface area contributed by atoms with E-state index in [1.807, 2.05) is 18.2 Å². The fourth-order valence-electron chi connectivity index (χ4n) is 2.48. The lowest BCUT2D eigenvalue weighted by Gasteiger charge is -2.07. The maximum atomic E-state index is 12.1. The van der Waals surface area contributed by atoms with Gasteiger partial charge in [-0.05, 0) is 25.3 Å². The number of aromatic nitrogens is 2. The molecule has 1 aromatic carbocycles. The predicted molar refractivity (Wildman–Crippen MR) is 91.5 cm³/mol. The molecule has 1 heterocycles. The van der Waals surface area contributed by atoms with Gasteiger partial charge >= 0.3 is 0 Å². The molecule has 1 aliphatic carbocycles. The van der Waals surface area contributed by atoms with Gasteiger partial charge in [-0.2, -0.15) is 0 Å². The Labute approximate surface area is 143 Å². The first-order chi connectivity index (χ1) is 10.1. The number of anilines is 1. The highest BCUT2D eigenvalue weighted by Gasteiger charge is 2.28. The molecule has 0 aliphatic heterocycles. The molecule has 2 unspecified atom stereocenters. The lowest BCUT2D eigenvalue weighted by Crippen LogP contribution is -2.23. The first kappa shape index (κ1) is 17.1. The van der Waals surface area contributed by atoms with E-state index in [2.05, 4.69) is 15.5 Å². The summed E-state index contributed by atoms with van der Waals surface area (Å²) in [6.45, 7) is 0. The maximum absolute atomic E-state index is 12.1. The van der Waals surface area contributed by atoms with Crippen LogP contribution in [0, 0.1) is 5.92 Å². The highest BCUT2D eigenvalue weighted by atomic mass is 35.5. The van der Waals surface area contributed by atoms with Gasteiger partial charge in [-0.25, -0.2) is 0 Å². The minimum atomic E-state index is -0.0233. The fraction of sp³-hybridized carbons (Fsp3) is 0.357. The quantitative estimate of drug-likeness (QED) is 0.881. The van der Waals surface area contributed by atoms with E-state index in [1.165, 1.54) is 11.3 Å². The highest BCUT2D eigenvalue weighted by molar-refractivity contribution is 7.18. The summed E-state index contributed by atoms with van der Waals surface area (Å²) in [5.74, 6) is -0.0440. The Morgan fingerprint density at radius 3 is 2.77 bits per heavy atom. The molecule has 118 valence electrons. The highest BCUT2D eigenvalue weighted by Crippen LogP contribution is 2.32. The first-order valence-corrected chi connectivity index (χ1v) is 7.98. The van der Waals surface area contributed by atoms with Crippen molar-refractivity contribution >= 4 is 46.4 Å². The number of halogens is 2. The van der Waals surface area contributed by atoms with Crippen LogP contribution in [-0.2, 0) is 4.79 Å². The molecule has 0 saturated heterocycles. The largest absolute Gasteiger partial charge is 0.328 e. The number of nitrogens with one attached hydrogen (secondary N) is 1. The maximum Gasteiger partial charge on any atom is 0.229 e. The van der Waals surface area contributed by atoms with E-state index in [9.17, 15) is 4.79 Å². The standard InChI is InChI=1S/C14H15ClN4OS.ClH/c15-11-4-2-1-3-10(11)13-18-19-14(21-13)17-12(20)8-5-6-9(16)7-8;/h1-4,8-9H,5-7,16H2,(H,17,19,20);1H. The summed E-state index contributed by atoms with van der Waals surface area (Å²) in [4.78, 5) is 12.1. The van der Waals surface area contributed by atoms with Crippen LogP contribution < -0.4 is 11.1 Å². The van der Waals surface area contributed by atoms with Crippen molar-refractivity contribution in [1.82, 2.24) is 10.2 Å². The zero-order chi connectivity index (χ0) is 14.8. The lowest BCUT2D eigenvalue weighted by molar-refractivity contribution is -0.119. The Morgan fingerprint density at radius 1 is 1.32 bits per heavy atom. The summed E-state index contributed by atoms with van der Waals surface area (Å²) in [5.41, 5.74) is 6.65. The number of nitrogens with two attached hydrogens (primary N) is 1. The molecule has 0 bridgehead atoms. The smallest absolute Gasteiger partial charge is 0.229 e. The van der Waals surface area contributed by atoms with Crippen molar-refractivity contribution in [3.05, 3.63) is 29.3 Å². The van der Waals surface area contributed by atoms with Crippen molar-refractivity contribution in [2.24, 2.45) is 11.7 Å². The van der Waals surface area contributed by atoms with Gasteiger partial charge in [0.1, 0.15) is 0 Å². The third-order valence-electron chi connectivity index (χ3n) is 3.60. The normalized spacial score (nSPS) is 20.5. The Balaban J connectivity index is 0.00000176. The van der Waals surface area contributed by atoms with Gasteiger partial charge in [0.05, 0.1) is 5.02 Å². The summed E-state index contributed by atoms with van der Waals surface area (Å²) >= 11 is 7.45. The van der Waals surface area contributed by atoms with Gasteiger partial charge < -0.3 is 11.1 Å². The van der Waals surface area contributed by atoms with E-state index < -0.39 is 0 Å².